The first kappa shape index (κ1) is 14.4. The van der Waals surface area contributed by atoms with Crippen molar-refractivity contribution in [3.05, 3.63) is 63.4 Å². The molecule has 0 radical (unpaired) electrons. The molecule has 3 rings (SSSR count). The van der Waals surface area contributed by atoms with E-state index in [4.69, 9.17) is 10.7 Å². The minimum absolute atomic E-state index is 0.511. The van der Waals surface area contributed by atoms with E-state index in [9.17, 15) is 0 Å². The Hall–Kier alpha value is -1.49. The maximum atomic E-state index is 5.90. The summed E-state index contributed by atoms with van der Waals surface area (Å²) >= 11 is 5.18. The number of halogens is 1. The molecule has 0 atom stereocenters. The highest BCUT2D eigenvalue weighted by Gasteiger charge is 2.14. The molecule has 0 aliphatic rings. The van der Waals surface area contributed by atoms with Gasteiger partial charge in [0.2, 0.25) is 0 Å². The molecule has 1 aromatic heterocycles. The normalized spacial score (nSPS) is 10.8. The van der Waals surface area contributed by atoms with Gasteiger partial charge in [0.05, 0.1) is 5.69 Å². The van der Waals surface area contributed by atoms with Gasteiger partial charge in [-0.2, -0.15) is 0 Å². The van der Waals surface area contributed by atoms with E-state index >= 15 is 0 Å². The van der Waals surface area contributed by atoms with Crippen LogP contribution >= 0.6 is 27.3 Å². The Morgan fingerprint density at radius 2 is 1.90 bits per heavy atom. The zero-order chi connectivity index (χ0) is 14.8. The second kappa shape index (κ2) is 6.10. The number of nitrogens with zero attached hydrogens (tertiary/aromatic N) is 1. The molecule has 0 unspecified atom stereocenters. The molecule has 2 N–H and O–H groups in total. The molecular formula is C17H15BrN2S. The van der Waals surface area contributed by atoms with Gasteiger partial charge in [0.1, 0.15) is 5.01 Å². The van der Waals surface area contributed by atoms with Crippen molar-refractivity contribution in [2.75, 3.05) is 0 Å². The lowest BCUT2D eigenvalue weighted by Gasteiger charge is -2.02. The lowest BCUT2D eigenvalue weighted by molar-refractivity contribution is 1.10. The highest BCUT2D eigenvalue weighted by atomic mass is 79.9. The summed E-state index contributed by atoms with van der Waals surface area (Å²) in [5.74, 6) is 0. The van der Waals surface area contributed by atoms with Gasteiger partial charge in [-0.05, 0) is 24.6 Å². The quantitative estimate of drug-likeness (QED) is 0.714. The number of nitrogens with two attached hydrogens (primary N) is 1. The maximum absolute atomic E-state index is 5.90. The molecule has 0 saturated carbocycles. The second-order valence-electron chi connectivity index (χ2n) is 4.82. The maximum Gasteiger partial charge on any atom is 0.124 e. The molecule has 0 fully saturated rings. The Labute approximate surface area is 136 Å². The van der Waals surface area contributed by atoms with Crippen LogP contribution < -0.4 is 5.73 Å². The van der Waals surface area contributed by atoms with Crippen LogP contribution in [-0.4, -0.2) is 4.98 Å². The molecule has 0 saturated heterocycles. The fourth-order valence-corrected chi connectivity index (χ4v) is 3.82. The molecule has 0 aliphatic heterocycles. The fraction of sp³-hybridized carbons (Fsp3) is 0.118. The van der Waals surface area contributed by atoms with Crippen molar-refractivity contribution in [1.82, 2.24) is 4.98 Å². The van der Waals surface area contributed by atoms with Gasteiger partial charge in [0.25, 0.3) is 0 Å². The molecular weight excluding hydrogens is 344 g/mol. The van der Waals surface area contributed by atoms with Crippen molar-refractivity contribution in [3.63, 3.8) is 0 Å². The lowest BCUT2D eigenvalue weighted by Crippen LogP contribution is -1.95. The second-order valence-corrected chi connectivity index (χ2v) is 6.82. The molecule has 3 aromatic rings. The fourth-order valence-electron chi connectivity index (χ4n) is 2.29. The largest absolute Gasteiger partial charge is 0.326 e. The molecule has 4 heteroatoms. The van der Waals surface area contributed by atoms with E-state index < -0.39 is 0 Å². The van der Waals surface area contributed by atoms with Crippen LogP contribution in [0.25, 0.3) is 21.8 Å². The average molecular weight is 359 g/mol. The summed E-state index contributed by atoms with van der Waals surface area (Å²) in [5, 5.41) is 1.03. The van der Waals surface area contributed by atoms with E-state index in [1.165, 1.54) is 11.1 Å². The van der Waals surface area contributed by atoms with E-state index in [0.29, 0.717) is 6.54 Å². The average Bonchev–Trinajstić information content (AvgIpc) is 2.92. The third-order valence-electron chi connectivity index (χ3n) is 3.35. The molecule has 1 heterocycles. The zero-order valence-corrected chi connectivity index (χ0v) is 14.0. The number of hydrogen-bond donors (Lipinski definition) is 1. The Bertz CT molecular complexity index is 766. The minimum Gasteiger partial charge on any atom is -0.326 e. The zero-order valence-electron chi connectivity index (χ0n) is 11.6. The van der Waals surface area contributed by atoms with E-state index in [-0.39, 0.29) is 0 Å². The Morgan fingerprint density at radius 3 is 2.57 bits per heavy atom. The van der Waals surface area contributed by atoms with Gasteiger partial charge in [-0.3, -0.25) is 0 Å². The molecule has 106 valence electrons. The molecule has 2 nitrogen and oxygen atoms in total. The summed E-state index contributed by atoms with van der Waals surface area (Å²) in [5.41, 5.74) is 10.4. The summed E-state index contributed by atoms with van der Waals surface area (Å²) in [7, 11) is 0. The van der Waals surface area contributed by atoms with E-state index in [0.717, 1.165) is 25.6 Å². The van der Waals surface area contributed by atoms with Crippen LogP contribution in [0.3, 0.4) is 0 Å². The van der Waals surface area contributed by atoms with Gasteiger partial charge in [0.15, 0.2) is 0 Å². The summed E-state index contributed by atoms with van der Waals surface area (Å²) in [6, 6.07) is 16.5. The van der Waals surface area contributed by atoms with Gasteiger partial charge in [-0.15, -0.1) is 11.3 Å². The number of rotatable bonds is 3. The standard InChI is InChI=1S/C17H15BrN2S/c1-11-9-13(18)7-8-14(11)17-20-16(15(10-19)21-17)12-5-3-2-4-6-12/h2-9H,10,19H2,1H3. The number of benzene rings is 2. The number of hydrogen-bond acceptors (Lipinski definition) is 3. The third-order valence-corrected chi connectivity index (χ3v) is 4.95. The van der Waals surface area contributed by atoms with Crippen molar-refractivity contribution in [2.24, 2.45) is 5.73 Å². The summed E-state index contributed by atoms with van der Waals surface area (Å²) in [6.07, 6.45) is 0. The van der Waals surface area contributed by atoms with Crippen molar-refractivity contribution in [1.29, 1.82) is 0 Å². The number of thiazole rings is 1. The Balaban J connectivity index is 2.12. The van der Waals surface area contributed by atoms with Crippen molar-refractivity contribution < 1.29 is 0 Å². The van der Waals surface area contributed by atoms with Gasteiger partial charge in [0, 0.05) is 27.0 Å². The predicted molar refractivity (Wildman–Crippen MR) is 93.3 cm³/mol. The predicted octanol–water partition coefficient (Wildman–Crippen LogP) is 5.01. The highest BCUT2D eigenvalue weighted by molar-refractivity contribution is 9.10. The van der Waals surface area contributed by atoms with Crippen LogP contribution in [0.5, 0.6) is 0 Å². The lowest BCUT2D eigenvalue weighted by atomic mass is 10.1. The topological polar surface area (TPSA) is 38.9 Å². The molecule has 0 aliphatic carbocycles. The summed E-state index contributed by atoms with van der Waals surface area (Å²) in [6.45, 7) is 2.61. The summed E-state index contributed by atoms with van der Waals surface area (Å²) < 4.78 is 1.09. The molecule has 0 amide bonds. The highest BCUT2D eigenvalue weighted by Crippen LogP contribution is 2.35. The first-order valence-corrected chi connectivity index (χ1v) is 8.31. The SMILES string of the molecule is Cc1cc(Br)ccc1-c1nc(-c2ccccc2)c(CN)s1. The van der Waals surface area contributed by atoms with Crippen LogP contribution in [0, 0.1) is 6.92 Å². The van der Waals surface area contributed by atoms with Gasteiger partial charge < -0.3 is 5.73 Å². The summed E-state index contributed by atoms with van der Waals surface area (Å²) in [4.78, 5) is 5.96. The van der Waals surface area contributed by atoms with E-state index in [1.807, 2.05) is 24.3 Å². The van der Waals surface area contributed by atoms with Crippen LogP contribution in [0.15, 0.2) is 53.0 Å². The first-order chi connectivity index (χ1) is 10.2. The third kappa shape index (κ3) is 2.93. The van der Waals surface area contributed by atoms with Crippen LogP contribution in [0.1, 0.15) is 10.4 Å². The Morgan fingerprint density at radius 1 is 1.14 bits per heavy atom. The number of aryl methyl sites for hydroxylation is 1. The van der Waals surface area contributed by atoms with Crippen molar-refractivity contribution in [2.45, 2.75) is 13.5 Å². The Kier molecular flexibility index (Phi) is 4.19. The molecule has 0 spiro atoms. The van der Waals surface area contributed by atoms with E-state index in [1.54, 1.807) is 11.3 Å². The van der Waals surface area contributed by atoms with Crippen LogP contribution in [0.4, 0.5) is 0 Å². The van der Waals surface area contributed by atoms with Gasteiger partial charge in [-0.1, -0.05) is 52.3 Å². The monoisotopic (exact) mass is 358 g/mol. The minimum atomic E-state index is 0.511. The first-order valence-electron chi connectivity index (χ1n) is 6.70. The molecule has 2 aromatic carbocycles. The molecule has 21 heavy (non-hydrogen) atoms. The number of aromatic nitrogens is 1. The van der Waals surface area contributed by atoms with E-state index in [2.05, 4.69) is 47.1 Å². The van der Waals surface area contributed by atoms with Crippen LogP contribution in [0.2, 0.25) is 0 Å². The van der Waals surface area contributed by atoms with Crippen LogP contribution in [-0.2, 0) is 6.54 Å². The molecule has 0 bridgehead atoms. The van der Waals surface area contributed by atoms with Gasteiger partial charge in [-0.25, -0.2) is 4.98 Å². The van der Waals surface area contributed by atoms with Crippen molar-refractivity contribution >= 4 is 27.3 Å². The van der Waals surface area contributed by atoms with Crippen molar-refractivity contribution in [3.8, 4) is 21.8 Å². The van der Waals surface area contributed by atoms with Gasteiger partial charge >= 0.3 is 0 Å². The smallest absolute Gasteiger partial charge is 0.124 e.